The molecule has 0 bridgehead atoms. The minimum absolute atomic E-state index is 0.629. The average molecular weight is 261 g/mol. The van der Waals surface area contributed by atoms with Crippen LogP contribution in [0.1, 0.15) is 38.4 Å². The summed E-state index contributed by atoms with van der Waals surface area (Å²) in [6.45, 7) is 12.2. The van der Waals surface area contributed by atoms with Crippen molar-refractivity contribution in [1.29, 1.82) is 0 Å². The normalized spacial score (nSPS) is 24.9. The van der Waals surface area contributed by atoms with Gasteiger partial charge in [-0.1, -0.05) is 26.8 Å². The topological polar surface area (TPSA) is 28.2 Å². The lowest BCUT2D eigenvalue weighted by Gasteiger charge is -2.42. The van der Waals surface area contributed by atoms with Crippen LogP contribution in [0.25, 0.3) is 0 Å². The highest BCUT2D eigenvalue weighted by molar-refractivity contribution is 5.13. The van der Waals surface area contributed by atoms with Gasteiger partial charge in [-0.2, -0.15) is 0 Å². The fourth-order valence-corrected chi connectivity index (χ4v) is 2.84. The summed E-state index contributed by atoms with van der Waals surface area (Å²) in [7, 11) is 0. The summed E-state index contributed by atoms with van der Waals surface area (Å²) >= 11 is 0. The maximum absolute atomic E-state index is 4.41. The van der Waals surface area contributed by atoms with Gasteiger partial charge in [0.1, 0.15) is 0 Å². The van der Waals surface area contributed by atoms with Crippen LogP contribution in [-0.2, 0) is 6.54 Å². The lowest BCUT2D eigenvalue weighted by atomic mass is 9.97. The van der Waals surface area contributed by atoms with E-state index in [0.29, 0.717) is 18.0 Å². The van der Waals surface area contributed by atoms with Crippen LogP contribution in [0.2, 0.25) is 0 Å². The van der Waals surface area contributed by atoms with Gasteiger partial charge in [-0.3, -0.25) is 9.88 Å². The van der Waals surface area contributed by atoms with Gasteiger partial charge >= 0.3 is 0 Å². The first-order valence-electron chi connectivity index (χ1n) is 7.49. The van der Waals surface area contributed by atoms with Crippen LogP contribution < -0.4 is 5.32 Å². The second-order valence-electron chi connectivity index (χ2n) is 6.06. The molecule has 1 aliphatic heterocycles. The Morgan fingerprint density at radius 1 is 1.42 bits per heavy atom. The summed E-state index contributed by atoms with van der Waals surface area (Å²) in [5.41, 5.74) is 2.42. The minimum atomic E-state index is 0.629. The first kappa shape index (κ1) is 14.5. The highest BCUT2D eigenvalue weighted by atomic mass is 15.2. The number of hydrogen-bond acceptors (Lipinski definition) is 3. The monoisotopic (exact) mass is 261 g/mol. The third-order valence-electron chi connectivity index (χ3n) is 4.16. The molecule has 1 saturated heterocycles. The van der Waals surface area contributed by atoms with Crippen molar-refractivity contribution in [2.24, 2.45) is 5.92 Å². The van der Waals surface area contributed by atoms with Gasteiger partial charge in [0, 0.05) is 43.6 Å². The highest BCUT2D eigenvalue weighted by Gasteiger charge is 2.28. The van der Waals surface area contributed by atoms with Gasteiger partial charge in [0.15, 0.2) is 0 Å². The van der Waals surface area contributed by atoms with Gasteiger partial charge in [-0.05, 0) is 30.9 Å². The smallest absolute Gasteiger partial charge is 0.0372 e. The van der Waals surface area contributed by atoms with Crippen molar-refractivity contribution in [3.8, 4) is 0 Å². The molecule has 3 nitrogen and oxygen atoms in total. The Kier molecular flexibility index (Phi) is 4.94. The molecule has 0 saturated carbocycles. The van der Waals surface area contributed by atoms with Gasteiger partial charge in [-0.15, -0.1) is 0 Å². The number of hydrogen-bond donors (Lipinski definition) is 1. The zero-order valence-electron chi connectivity index (χ0n) is 12.7. The van der Waals surface area contributed by atoms with E-state index in [2.05, 4.69) is 48.1 Å². The molecule has 1 aliphatic rings. The van der Waals surface area contributed by atoms with E-state index in [9.17, 15) is 0 Å². The van der Waals surface area contributed by atoms with E-state index < -0.39 is 0 Å². The number of aromatic nitrogens is 1. The van der Waals surface area contributed by atoms with Gasteiger partial charge in [0.05, 0.1) is 0 Å². The molecule has 19 heavy (non-hydrogen) atoms. The van der Waals surface area contributed by atoms with Gasteiger partial charge in [0.2, 0.25) is 0 Å². The molecular formula is C16H27N3. The van der Waals surface area contributed by atoms with Crippen LogP contribution in [0, 0.1) is 12.8 Å². The van der Waals surface area contributed by atoms with Crippen LogP contribution in [0.4, 0.5) is 0 Å². The SMILES string of the molecule is CCC1CN(Cc2ccc(C)nc2)C(C(C)C)CN1. The van der Waals surface area contributed by atoms with Gasteiger partial charge < -0.3 is 5.32 Å². The lowest BCUT2D eigenvalue weighted by molar-refractivity contribution is 0.0899. The first-order valence-corrected chi connectivity index (χ1v) is 7.49. The molecule has 2 heterocycles. The van der Waals surface area contributed by atoms with Crippen LogP contribution in [0.5, 0.6) is 0 Å². The Morgan fingerprint density at radius 3 is 2.79 bits per heavy atom. The quantitative estimate of drug-likeness (QED) is 0.903. The summed E-state index contributed by atoms with van der Waals surface area (Å²) in [6, 6.07) is 5.58. The number of piperazine rings is 1. The molecule has 1 fully saturated rings. The summed E-state index contributed by atoms with van der Waals surface area (Å²) in [5.74, 6) is 0.684. The summed E-state index contributed by atoms with van der Waals surface area (Å²) in [5, 5.41) is 3.67. The molecule has 0 aromatic carbocycles. The number of pyridine rings is 1. The molecule has 2 atom stereocenters. The number of nitrogens with zero attached hydrogens (tertiary/aromatic N) is 2. The van der Waals surface area contributed by atoms with Crippen LogP contribution in [-0.4, -0.2) is 35.1 Å². The van der Waals surface area contributed by atoms with Gasteiger partial charge in [0.25, 0.3) is 0 Å². The van der Waals surface area contributed by atoms with E-state index in [1.807, 2.05) is 13.1 Å². The Hall–Kier alpha value is -0.930. The largest absolute Gasteiger partial charge is 0.311 e. The van der Waals surface area contributed by atoms with E-state index in [1.165, 1.54) is 12.0 Å². The fourth-order valence-electron chi connectivity index (χ4n) is 2.84. The van der Waals surface area contributed by atoms with Crippen molar-refractivity contribution in [1.82, 2.24) is 15.2 Å². The minimum Gasteiger partial charge on any atom is -0.311 e. The Bertz CT molecular complexity index is 385. The van der Waals surface area contributed by atoms with Crippen molar-refractivity contribution in [2.75, 3.05) is 13.1 Å². The Morgan fingerprint density at radius 2 is 2.21 bits per heavy atom. The second-order valence-corrected chi connectivity index (χ2v) is 6.06. The van der Waals surface area contributed by atoms with Crippen molar-refractivity contribution in [3.63, 3.8) is 0 Å². The molecule has 0 spiro atoms. The van der Waals surface area contributed by atoms with E-state index in [1.54, 1.807) is 0 Å². The van der Waals surface area contributed by atoms with Crippen molar-refractivity contribution in [3.05, 3.63) is 29.6 Å². The molecule has 1 N–H and O–H groups in total. The van der Waals surface area contributed by atoms with E-state index in [-0.39, 0.29) is 0 Å². The number of aryl methyl sites for hydroxylation is 1. The van der Waals surface area contributed by atoms with Crippen LogP contribution in [0.3, 0.4) is 0 Å². The molecule has 3 heteroatoms. The first-order chi connectivity index (χ1) is 9.10. The Balaban J connectivity index is 2.06. The third kappa shape index (κ3) is 3.77. The fraction of sp³-hybridized carbons (Fsp3) is 0.688. The predicted molar refractivity (Wildman–Crippen MR) is 80.1 cm³/mol. The second kappa shape index (κ2) is 6.49. The van der Waals surface area contributed by atoms with Gasteiger partial charge in [-0.25, -0.2) is 0 Å². The molecule has 0 aliphatic carbocycles. The summed E-state index contributed by atoms with van der Waals surface area (Å²) in [6.07, 6.45) is 3.23. The molecule has 1 aromatic heterocycles. The molecule has 0 radical (unpaired) electrons. The summed E-state index contributed by atoms with van der Waals surface area (Å²) in [4.78, 5) is 7.04. The molecule has 2 rings (SSSR count). The third-order valence-corrected chi connectivity index (χ3v) is 4.16. The zero-order valence-corrected chi connectivity index (χ0v) is 12.7. The molecule has 1 aromatic rings. The maximum Gasteiger partial charge on any atom is 0.0372 e. The van der Waals surface area contributed by atoms with Crippen molar-refractivity contribution >= 4 is 0 Å². The van der Waals surface area contributed by atoms with Crippen molar-refractivity contribution in [2.45, 2.75) is 52.7 Å². The van der Waals surface area contributed by atoms with E-state index in [4.69, 9.17) is 0 Å². The van der Waals surface area contributed by atoms with Crippen LogP contribution >= 0.6 is 0 Å². The lowest BCUT2D eigenvalue weighted by Crippen LogP contribution is -2.57. The molecule has 2 unspecified atom stereocenters. The standard InChI is InChI=1S/C16H27N3/c1-5-15-11-19(16(9-18-15)12(2)3)10-14-7-6-13(4)17-8-14/h6-8,12,15-16,18H,5,9-11H2,1-4H3. The highest BCUT2D eigenvalue weighted by Crippen LogP contribution is 2.19. The number of rotatable bonds is 4. The predicted octanol–water partition coefficient (Wildman–Crippen LogP) is 2.60. The Labute approximate surface area is 117 Å². The summed E-state index contributed by atoms with van der Waals surface area (Å²) < 4.78 is 0. The van der Waals surface area contributed by atoms with Crippen molar-refractivity contribution < 1.29 is 0 Å². The molecule has 0 amide bonds. The average Bonchev–Trinajstić information content (AvgIpc) is 2.41. The van der Waals surface area contributed by atoms with E-state index >= 15 is 0 Å². The maximum atomic E-state index is 4.41. The number of nitrogens with one attached hydrogen (secondary N) is 1. The molecular weight excluding hydrogens is 234 g/mol. The van der Waals surface area contributed by atoms with Crippen LogP contribution in [0.15, 0.2) is 18.3 Å². The van der Waals surface area contributed by atoms with E-state index in [0.717, 1.165) is 25.3 Å². The molecule has 106 valence electrons. The zero-order chi connectivity index (χ0) is 13.8.